The van der Waals surface area contributed by atoms with E-state index in [9.17, 15) is 0 Å². The largest absolute Gasteiger partial charge is 2.00 e. The molecular weight excluding hydrogens is 610 g/mol. The van der Waals surface area contributed by atoms with Gasteiger partial charge in [0, 0.05) is 11.2 Å². The van der Waals surface area contributed by atoms with Crippen LogP contribution < -0.4 is 0 Å². The quantitative estimate of drug-likeness (QED) is 0.156. The summed E-state index contributed by atoms with van der Waals surface area (Å²) in [6.45, 7) is 13.6. The Kier molecular flexibility index (Phi) is 7.88. The second-order valence-electron chi connectivity index (χ2n) is 14.0. The zero-order chi connectivity index (χ0) is 29.9. The van der Waals surface area contributed by atoms with Gasteiger partial charge in [-0.1, -0.05) is 113 Å². The first kappa shape index (κ1) is 30.4. The van der Waals surface area contributed by atoms with E-state index in [0.29, 0.717) is 0 Å². The normalized spacial score (nSPS) is 12.5. The van der Waals surface area contributed by atoms with Crippen molar-refractivity contribution < 1.29 is 26.2 Å². The van der Waals surface area contributed by atoms with Crippen molar-refractivity contribution in [1.82, 2.24) is 4.57 Å². The number of hydrogen-bond acceptors (Lipinski definition) is 0. The van der Waals surface area contributed by atoms with Gasteiger partial charge in [-0.25, -0.2) is 0 Å². The molecule has 0 spiro atoms. The molecule has 0 amide bonds. The van der Waals surface area contributed by atoms with Crippen LogP contribution in [0.15, 0.2) is 115 Å². The first-order valence-electron chi connectivity index (χ1n) is 15.4. The number of nitrogens with zero attached hydrogens (tertiary/aromatic N) is 1. The summed E-state index contributed by atoms with van der Waals surface area (Å²) in [7, 11) is 0. The molecular formula is C42H39NZr. The minimum absolute atomic E-state index is 0. The number of hydrogen-bond donors (Lipinski definition) is 0. The Balaban J connectivity index is 0.000000153. The number of para-hydroxylation sites is 2. The van der Waals surface area contributed by atoms with E-state index < -0.39 is 0 Å². The summed E-state index contributed by atoms with van der Waals surface area (Å²) in [6, 6.07) is 45.4. The SMILES string of the molecule is CC(C)(C)c1[c-]c2c(cc1)-c1ccc(C(C)(C)C)cc1C2.[Zr+2].c1ccc(-n2c3ccccc3c3c4ccccc4[cH-]c32)cc1. The van der Waals surface area contributed by atoms with Crippen molar-refractivity contribution in [1.29, 1.82) is 0 Å². The summed E-state index contributed by atoms with van der Waals surface area (Å²) in [5, 5.41) is 5.32. The Labute approximate surface area is 281 Å². The van der Waals surface area contributed by atoms with E-state index in [2.05, 4.69) is 167 Å². The molecule has 0 aliphatic heterocycles. The van der Waals surface area contributed by atoms with Gasteiger partial charge in [-0.05, 0) is 57.5 Å². The zero-order valence-electron chi connectivity index (χ0n) is 26.6. The fourth-order valence-electron chi connectivity index (χ4n) is 6.56. The predicted octanol–water partition coefficient (Wildman–Crippen LogP) is 11.3. The van der Waals surface area contributed by atoms with Crippen LogP contribution in [-0.2, 0) is 43.5 Å². The molecule has 1 nitrogen and oxygen atoms in total. The maximum atomic E-state index is 3.67. The van der Waals surface area contributed by atoms with E-state index >= 15 is 0 Å². The summed E-state index contributed by atoms with van der Waals surface area (Å²) in [5.74, 6) is 0. The molecule has 2 heteroatoms. The van der Waals surface area contributed by atoms with E-state index in [1.807, 2.05) is 0 Å². The van der Waals surface area contributed by atoms with Crippen LogP contribution in [0.25, 0.3) is 49.4 Å². The van der Waals surface area contributed by atoms with Gasteiger partial charge in [0.25, 0.3) is 0 Å². The third-order valence-electron chi connectivity index (χ3n) is 8.91. The van der Waals surface area contributed by atoms with Crippen molar-refractivity contribution in [3.8, 4) is 16.8 Å². The smallest absolute Gasteiger partial charge is 0.328 e. The Hall–Kier alpha value is -3.61. The maximum Gasteiger partial charge on any atom is 2.00 e. The summed E-state index contributed by atoms with van der Waals surface area (Å²) in [4.78, 5) is 0. The first-order valence-corrected chi connectivity index (χ1v) is 15.4. The number of aromatic nitrogens is 1. The molecule has 0 saturated heterocycles. The molecule has 0 atom stereocenters. The van der Waals surface area contributed by atoms with Crippen molar-refractivity contribution in [2.75, 3.05) is 0 Å². The molecule has 1 aliphatic rings. The fraction of sp³-hybridized carbons (Fsp3) is 0.214. The molecule has 1 heterocycles. The van der Waals surface area contributed by atoms with Crippen LogP contribution in [0.1, 0.15) is 63.8 Å². The Morgan fingerprint density at radius 3 is 2.05 bits per heavy atom. The van der Waals surface area contributed by atoms with Gasteiger partial charge in [-0.3, -0.25) is 0 Å². The maximum absolute atomic E-state index is 3.67. The van der Waals surface area contributed by atoms with Gasteiger partial charge in [-0.15, -0.1) is 46.2 Å². The monoisotopic (exact) mass is 647 g/mol. The van der Waals surface area contributed by atoms with Gasteiger partial charge in [-0.2, -0.15) is 23.8 Å². The predicted molar refractivity (Wildman–Crippen MR) is 185 cm³/mol. The average Bonchev–Trinajstić information content (AvgIpc) is 3.64. The van der Waals surface area contributed by atoms with Crippen LogP contribution in [0.5, 0.6) is 0 Å². The van der Waals surface area contributed by atoms with Crippen LogP contribution in [0.4, 0.5) is 0 Å². The summed E-state index contributed by atoms with van der Waals surface area (Å²) >= 11 is 0. The molecule has 0 bridgehead atoms. The van der Waals surface area contributed by atoms with Gasteiger partial charge in [0.15, 0.2) is 0 Å². The van der Waals surface area contributed by atoms with Crippen LogP contribution in [0.2, 0.25) is 0 Å². The van der Waals surface area contributed by atoms with Crippen molar-refractivity contribution in [3.63, 3.8) is 0 Å². The zero-order valence-corrected chi connectivity index (χ0v) is 29.1. The molecule has 7 aromatic rings. The van der Waals surface area contributed by atoms with Gasteiger partial charge >= 0.3 is 26.2 Å². The van der Waals surface area contributed by atoms with Crippen molar-refractivity contribution >= 4 is 32.6 Å². The van der Waals surface area contributed by atoms with E-state index in [4.69, 9.17) is 0 Å². The molecule has 0 N–H and O–H groups in total. The minimum atomic E-state index is 0. The second kappa shape index (κ2) is 11.4. The van der Waals surface area contributed by atoms with Crippen molar-refractivity contribution in [2.45, 2.75) is 58.8 Å². The number of benzene rings is 5. The summed E-state index contributed by atoms with van der Waals surface area (Å²) < 4.78 is 2.37. The molecule has 0 fully saturated rings. The number of rotatable bonds is 1. The van der Waals surface area contributed by atoms with E-state index in [1.54, 1.807) is 0 Å². The molecule has 1 aliphatic carbocycles. The van der Waals surface area contributed by atoms with Crippen molar-refractivity contribution in [2.24, 2.45) is 0 Å². The van der Waals surface area contributed by atoms with Gasteiger partial charge in [0.1, 0.15) is 0 Å². The molecule has 8 rings (SSSR count). The average molecular weight is 649 g/mol. The first-order chi connectivity index (χ1) is 20.6. The Bertz CT molecular complexity index is 2050. The molecule has 6 aromatic carbocycles. The fourth-order valence-corrected chi connectivity index (χ4v) is 6.56. The Morgan fingerprint density at radius 2 is 1.32 bits per heavy atom. The van der Waals surface area contributed by atoms with Crippen LogP contribution in [-0.4, -0.2) is 4.57 Å². The van der Waals surface area contributed by atoms with Gasteiger partial charge in [0.2, 0.25) is 0 Å². The standard InChI is InChI=1S/C21H14N.C21H25.Zr/c1-2-9-16(10-3-1)22-19-13-7-6-12-18(19)21-17-11-5-4-8-15(17)14-20(21)22;1-20(2,3)16-7-9-18-14(12-16)11-15-13-17(21(4,5)6)8-10-19(15)18;/h1-14H;7-10,12H,11H2,1-6H3;/q2*-1;+2. The molecule has 44 heavy (non-hydrogen) atoms. The van der Waals surface area contributed by atoms with Crippen molar-refractivity contribution in [3.05, 3.63) is 144 Å². The van der Waals surface area contributed by atoms with Crippen LogP contribution in [0.3, 0.4) is 0 Å². The molecule has 0 radical (unpaired) electrons. The Morgan fingerprint density at radius 1 is 0.659 bits per heavy atom. The second-order valence-corrected chi connectivity index (χ2v) is 14.0. The minimum Gasteiger partial charge on any atom is -0.328 e. The molecule has 0 unspecified atom stereocenters. The number of fused-ring (bicyclic) bond motifs is 8. The van der Waals surface area contributed by atoms with E-state index in [0.717, 1.165) is 6.42 Å². The third kappa shape index (κ3) is 5.33. The van der Waals surface area contributed by atoms with E-state index in [1.165, 1.54) is 71.6 Å². The topological polar surface area (TPSA) is 4.93 Å². The van der Waals surface area contributed by atoms with E-state index in [-0.39, 0.29) is 37.0 Å². The van der Waals surface area contributed by atoms with Gasteiger partial charge < -0.3 is 4.57 Å². The van der Waals surface area contributed by atoms with Gasteiger partial charge in [0.05, 0.1) is 0 Å². The molecule has 1 aromatic heterocycles. The summed E-state index contributed by atoms with van der Waals surface area (Å²) in [6.07, 6.45) is 1.03. The molecule has 0 saturated carbocycles. The molecule has 216 valence electrons. The summed E-state index contributed by atoms with van der Waals surface area (Å²) in [5.41, 5.74) is 12.5. The van der Waals surface area contributed by atoms with Crippen LogP contribution in [0, 0.1) is 6.07 Å². The van der Waals surface area contributed by atoms with Crippen LogP contribution >= 0.6 is 0 Å². The third-order valence-corrected chi connectivity index (χ3v) is 8.91.